The monoisotopic (exact) mass is 366 g/mol. The molecule has 0 aliphatic rings. The summed E-state index contributed by atoms with van der Waals surface area (Å²) >= 11 is 0. The maximum atomic E-state index is 13.1. The molecule has 0 bridgehead atoms. The number of ether oxygens (including phenoxy) is 1. The van der Waals surface area contributed by atoms with Crippen LogP contribution in [0.1, 0.15) is 24.0 Å². The molecule has 0 aliphatic heterocycles. The fourth-order valence-corrected chi connectivity index (χ4v) is 2.21. The number of hydrogen-bond donors (Lipinski definition) is 2. The Morgan fingerprint density at radius 2 is 1.88 bits per heavy atom. The topological polar surface area (TPSA) is 50.4 Å². The number of rotatable bonds is 9. The highest BCUT2D eigenvalue weighted by atomic mass is 35.5. The van der Waals surface area contributed by atoms with E-state index in [1.165, 1.54) is 12.1 Å². The molecule has 25 heavy (non-hydrogen) atoms. The summed E-state index contributed by atoms with van der Waals surface area (Å²) in [6.45, 7) is 1.66. The second-order valence-electron chi connectivity index (χ2n) is 5.55. The smallest absolute Gasteiger partial charge is 0.220 e. The average molecular weight is 367 g/mol. The Labute approximate surface area is 154 Å². The zero-order chi connectivity index (χ0) is 17.2. The number of carbonyl (C=O) groups excluding carboxylic acids is 1. The molecule has 2 rings (SSSR count). The van der Waals surface area contributed by atoms with Crippen molar-refractivity contribution in [3.8, 4) is 5.75 Å². The molecule has 2 N–H and O–H groups in total. The molecular formula is C19H24ClFN2O2. The van der Waals surface area contributed by atoms with Crippen molar-refractivity contribution in [1.82, 2.24) is 10.6 Å². The van der Waals surface area contributed by atoms with Gasteiger partial charge in [0, 0.05) is 13.0 Å². The number of halogens is 2. The van der Waals surface area contributed by atoms with Gasteiger partial charge in [-0.1, -0.05) is 24.3 Å². The number of benzene rings is 2. The lowest BCUT2D eigenvalue weighted by Crippen LogP contribution is -2.23. The van der Waals surface area contributed by atoms with Crippen molar-refractivity contribution in [1.29, 1.82) is 0 Å². The predicted molar refractivity (Wildman–Crippen MR) is 99.4 cm³/mol. The van der Waals surface area contributed by atoms with Gasteiger partial charge in [0.1, 0.15) is 18.2 Å². The highest BCUT2D eigenvalue weighted by Gasteiger charge is 2.02. The van der Waals surface area contributed by atoms with Gasteiger partial charge in [-0.05, 0) is 55.4 Å². The van der Waals surface area contributed by atoms with Crippen LogP contribution in [0.15, 0.2) is 48.5 Å². The molecule has 0 fully saturated rings. The standard InChI is InChI=1S/C19H23FN2O2.ClH/c1-21-11-3-6-19(23)22-13-15-7-9-18(10-8-15)24-14-16-4-2-5-17(20)12-16;/h2,4-5,7-10,12,21H,3,6,11,13-14H2,1H3,(H,22,23);1H. The summed E-state index contributed by atoms with van der Waals surface area (Å²) in [6.07, 6.45) is 1.35. The Hall–Kier alpha value is -2.11. The molecule has 0 saturated carbocycles. The van der Waals surface area contributed by atoms with Crippen LogP contribution in [-0.4, -0.2) is 19.5 Å². The first-order valence-electron chi connectivity index (χ1n) is 8.05. The maximum Gasteiger partial charge on any atom is 0.220 e. The Morgan fingerprint density at radius 1 is 1.12 bits per heavy atom. The van der Waals surface area contributed by atoms with Crippen LogP contribution in [0.2, 0.25) is 0 Å². The molecule has 0 atom stereocenters. The van der Waals surface area contributed by atoms with Gasteiger partial charge in [-0.15, -0.1) is 12.4 Å². The van der Waals surface area contributed by atoms with Crippen LogP contribution in [0, 0.1) is 5.82 Å². The van der Waals surface area contributed by atoms with Crippen LogP contribution in [0.4, 0.5) is 4.39 Å². The molecule has 0 aromatic heterocycles. The van der Waals surface area contributed by atoms with Gasteiger partial charge in [0.15, 0.2) is 0 Å². The highest BCUT2D eigenvalue weighted by molar-refractivity contribution is 5.85. The molecule has 0 aliphatic carbocycles. The average Bonchev–Trinajstić information content (AvgIpc) is 2.59. The van der Waals surface area contributed by atoms with E-state index in [1.807, 2.05) is 37.4 Å². The SMILES string of the molecule is CNCCCC(=O)NCc1ccc(OCc2cccc(F)c2)cc1.Cl. The number of amides is 1. The Morgan fingerprint density at radius 3 is 2.56 bits per heavy atom. The summed E-state index contributed by atoms with van der Waals surface area (Å²) in [5, 5.41) is 5.91. The Bertz CT molecular complexity index is 650. The third kappa shape index (κ3) is 8.01. The van der Waals surface area contributed by atoms with Crippen LogP contribution in [-0.2, 0) is 17.9 Å². The van der Waals surface area contributed by atoms with Gasteiger partial charge in [0.05, 0.1) is 0 Å². The van der Waals surface area contributed by atoms with Crippen molar-refractivity contribution in [3.63, 3.8) is 0 Å². The van der Waals surface area contributed by atoms with Gasteiger partial charge in [0.2, 0.25) is 5.91 Å². The molecule has 0 radical (unpaired) electrons. The molecular weight excluding hydrogens is 343 g/mol. The van der Waals surface area contributed by atoms with Gasteiger partial charge in [0.25, 0.3) is 0 Å². The second kappa shape index (κ2) is 11.4. The predicted octanol–water partition coefficient (Wildman–Crippen LogP) is 3.44. The summed E-state index contributed by atoms with van der Waals surface area (Å²) in [5.74, 6) is 0.497. The van der Waals surface area contributed by atoms with E-state index in [2.05, 4.69) is 10.6 Å². The fourth-order valence-electron chi connectivity index (χ4n) is 2.21. The molecule has 136 valence electrons. The van der Waals surface area contributed by atoms with E-state index in [-0.39, 0.29) is 24.1 Å². The van der Waals surface area contributed by atoms with Crippen LogP contribution < -0.4 is 15.4 Å². The first kappa shape index (κ1) is 20.9. The summed E-state index contributed by atoms with van der Waals surface area (Å²) in [5.41, 5.74) is 1.79. The molecule has 0 unspecified atom stereocenters. The minimum Gasteiger partial charge on any atom is -0.489 e. The van der Waals surface area contributed by atoms with Gasteiger partial charge < -0.3 is 15.4 Å². The van der Waals surface area contributed by atoms with E-state index in [0.717, 1.165) is 24.1 Å². The Kier molecular flexibility index (Phi) is 9.58. The number of nitrogens with one attached hydrogen (secondary N) is 2. The first-order chi connectivity index (χ1) is 11.7. The lowest BCUT2D eigenvalue weighted by Gasteiger charge is -2.08. The third-order valence-electron chi connectivity index (χ3n) is 3.54. The van der Waals surface area contributed by atoms with Gasteiger partial charge in [-0.3, -0.25) is 4.79 Å². The van der Waals surface area contributed by atoms with Crippen molar-refractivity contribution in [3.05, 3.63) is 65.5 Å². The first-order valence-corrected chi connectivity index (χ1v) is 8.05. The molecule has 0 heterocycles. The van der Waals surface area contributed by atoms with Gasteiger partial charge >= 0.3 is 0 Å². The Balaban J connectivity index is 0.00000312. The van der Waals surface area contributed by atoms with Gasteiger partial charge in [-0.25, -0.2) is 4.39 Å². The molecule has 0 saturated heterocycles. The molecule has 6 heteroatoms. The van der Waals surface area contributed by atoms with Crippen molar-refractivity contribution in [2.24, 2.45) is 0 Å². The zero-order valence-electron chi connectivity index (χ0n) is 14.3. The van der Waals surface area contributed by atoms with E-state index >= 15 is 0 Å². The van der Waals surface area contributed by atoms with E-state index in [0.29, 0.717) is 25.3 Å². The zero-order valence-corrected chi connectivity index (χ0v) is 15.1. The highest BCUT2D eigenvalue weighted by Crippen LogP contribution is 2.14. The quantitative estimate of drug-likeness (QED) is 0.668. The van der Waals surface area contributed by atoms with E-state index in [9.17, 15) is 9.18 Å². The summed E-state index contributed by atoms with van der Waals surface area (Å²) in [7, 11) is 1.87. The molecule has 2 aromatic carbocycles. The van der Waals surface area contributed by atoms with Gasteiger partial charge in [-0.2, -0.15) is 0 Å². The summed E-state index contributed by atoms with van der Waals surface area (Å²) in [6, 6.07) is 13.9. The minimum atomic E-state index is -0.267. The van der Waals surface area contributed by atoms with Crippen LogP contribution in [0.3, 0.4) is 0 Å². The normalized spacial score (nSPS) is 10.0. The lowest BCUT2D eigenvalue weighted by molar-refractivity contribution is -0.121. The van der Waals surface area contributed by atoms with Crippen molar-refractivity contribution >= 4 is 18.3 Å². The maximum absolute atomic E-state index is 13.1. The van der Waals surface area contributed by atoms with Crippen molar-refractivity contribution < 1.29 is 13.9 Å². The largest absolute Gasteiger partial charge is 0.489 e. The lowest BCUT2D eigenvalue weighted by atomic mass is 10.2. The number of hydrogen-bond acceptors (Lipinski definition) is 3. The van der Waals surface area contributed by atoms with E-state index in [1.54, 1.807) is 6.07 Å². The van der Waals surface area contributed by atoms with Crippen LogP contribution >= 0.6 is 12.4 Å². The van der Waals surface area contributed by atoms with Crippen molar-refractivity contribution in [2.45, 2.75) is 26.0 Å². The molecule has 0 spiro atoms. The fraction of sp³-hybridized carbons (Fsp3) is 0.316. The van der Waals surface area contributed by atoms with E-state index < -0.39 is 0 Å². The number of carbonyl (C=O) groups is 1. The van der Waals surface area contributed by atoms with E-state index in [4.69, 9.17) is 4.74 Å². The molecule has 4 nitrogen and oxygen atoms in total. The summed E-state index contributed by atoms with van der Waals surface area (Å²) < 4.78 is 18.7. The molecule has 2 aromatic rings. The van der Waals surface area contributed by atoms with Crippen molar-refractivity contribution in [2.75, 3.05) is 13.6 Å². The van der Waals surface area contributed by atoms with Crippen LogP contribution in [0.25, 0.3) is 0 Å². The van der Waals surface area contributed by atoms with Crippen LogP contribution in [0.5, 0.6) is 5.75 Å². The molecule has 1 amide bonds. The third-order valence-corrected chi connectivity index (χ3v) is 3.54. The minimum absolute atomic E-state index is 0. The second-order valence-corrected chi connectivity index (χ2v) is 5.55. The summed E-state index contributed by atoms with van der Waals surface area (Å²) in [4.78, 5) is 11.7.